The second kappa shape index (κ2) is 13.9. The molecule has 9 heteroatoms. The van der Waals surface area contributed by atoms with Crippen molar-refractivity contribution in [1.29, 1.82) is 0 Å². The van der Waals surface area contributed by atoms with Crippen molar-refractivity contribution < 1.29 is 33.3 Å². The lowest BCUT2D eigenvalue weighted by Gasteiger charge is -2.22. The summed E-state index contributed by atoms with van der Waals surface area (Å²) >= 11 is 0. The van der Waals surface area contributed by atoms with Gasteiger partial charge in [0.2, 0.25) is 5.91 Å². The summed E-state index contributed by atoms with van der Waals surface area (Å²) in [6.07, 6.45) is -0.703. The summed E-state index contributed by atoms with van der Waals surface area (Å²) in [5.41, 5.74) is 3.79. The van der Waals surface area contributed by atoms with Crippen LogP contribution in [0, 0.1) is 0 Å². The number of amides is 2. The lowest BCUT2D eigenvalue weighted by Crippen LogP contribution is -2.48. The number of methoxy groups -OCH3 is 1. The summed E-state index contributed by atoms with van der Waals surface area (Å²) in [6.45, 7) is 6.83. The van der Waals surface area contributed by atoms with Crippen LogP contribution in [0.1, 0.15) is 50.7 Å². The fourth-order valence-corrected chi connectivity index (χ4v) is 4.32. The van der Waals surface area contributed by atoms with Gasteiger partial charge in [0.15, 0.2) is 0 Å². The van der Waals surface area contributed by atoms with E-state index in [1.807, 2.05) is 36.4 Å². The number of fused-ring (bicyclic) bond motifs is 3. The van der Waals surface area contributed by atoms with Gasteiger partial charge in [-0.2, -0.15) is 0 Å². The lowest BCUT2D eigenvalue weighted by atomic mass is 9.98. The van der Waals surface area contributed by atoms with Gasteiger partial charge in [0.25, 0.3) is 0 Å². The van der Waals surface area contributed by atoms with Gasteiger partial charge in [0.05, 0.1) is 19.8 Å². The average molecular weight is 527 g/mol. The highest BCUT2D eigenvalue weighted by Crippen LogP contribution is 2.44. The Bertz CT molecular complexity index is 1050. The van der Waals surface area contributed by atoms with E-state index in [2.05, 4.69) is 22.8 Å². The summed E-state index contributed by atoms with van der Waals surface area (Å²) in [7, 11) is 1.58. The third-order valence-corrected chi connectivity index (χ3v) is 5.99. The van der Waals surface area contributed by atoms with Crippen LogP contribution in [0.15, 0.2) is 48.5 Å². The Labute approximate surface area is 224 Å². The minimum absolute atomic E-state index is 0.0383. The second-order valence-electron chi connectivity index (χ2n) is 10.0. The van der Waals surface area contributed by atoms with Crippen LogP contribution in [0.5, 0.6) is 0 Å². The molecule has 206 valence electrons. The van der Waals surface area contributed by atoms with Gasteiger partial charge in [0.1, 0.15) is 18.2 Å². The molecule has 38 heavy (non-hydrogen) atoms. The number of nitrogens with one attached hydrogen (secondary N) is 2. The molecule has 0 saturated carbocycles. The van der Waals surface area contributed by atoms with Gasteiger partial charge < -0.3 is 29.6 Å². The largest absolute Gasteiger partial charge is 0.460 e. The Kier molecular flexibility index (Phi) is 10.7. The number of carbonyl (C=O) groups excluding carboxylic acids is 3. The molecule has 0 fully saturated rings. The molecular weight excluding hydrogens is 488 g/mol. The fourth-order valence-electron chi connectivity index (χ4n) is 4.32. The highest BCUT2D eigenvalue weighted by atomic mass is 16.6. The Morgan fingerprint density at radius 3 is 2.16 bits per heavy atom. The van der Waals surface area contributed by atoms with Crippen LogP contribution in [0.4, 0.5) is 4.79 Å². The molecule has 0 aliphatic heterocycles. The number of rotatable bonds is 13. The molecule has 2 aromatic carbocycles. The average Bonchev–Trinajstić information content (AvgIpc) is 3.20. The number of carbonyl (C=O) groups is 3. The van der Waals surface area contributed by atoms with Gasteiger partial charge in [-0.05, 0) is 49.4 Å². The molecule has 2 N–H and O–H groups in total. The van der Waals surface area contributed by atoms with E-state index in [1.165, 1.54) is 0 Å². The second-order valence-corrected chi connectivity index (χ2v) is 10.0. The van der Waals surface area contributed by atoms with Crippen LogP contribution in [0.25, 0.3) is 11.1 Å². The van der Waals surface area contributed by atoms with E-state index in [4.69, 9.17) is 18.9 Å². The Hall–Kier alpha value is -3.43. The number of alkyl carbamates (subject to hydrolysis) is 1. The van der Waals surface area contributed by atoms with Crippen LogP contribution in [0.3, 0.4) is 0 Å². The monoisotopic (exact) mass is 526 g/mol. The first-order valence-electron chi connectivity index (χ1n) is 12.9. The maximum Gasteiger partial charge on any atom is 0.407 e. The van der Waals surface area contributed by atoms with Crippen LogP contribution >= 0.6 is 0 Å². The molecule has 3 rings (SSSR count). The minimum Gasteiger partial charge on any atom is -0.460 e. The Morgan fingerprint density at radius 1 is 0.921 bits per heavy atom. The topological polar surface area (TPSA) is 112 Å². The molecule has 0 radical (unpaired) electrons. The van der Waals surface area contributed by atoms with E-state index < -0.39 is 29.6 Å². The van der Waals surface area contributed by atoms with E-state index in [0.717, 1.165) is 22.3 Å². The fraction of sp³-hybridized carbons (Fsp3) is 0.483. The van der Waals surface area contributed by atoms with E-state index in [0.29, 0.717) is 19.8 Å². The van der Waals surface area contributed by atoms with Crippen molar-refractivity contribution in [3.8, 4) is 11.1 Å². The molecular formula is C29H38N2O7. The zero-order valence-electron chi connectivity index (χ0n) is 22.6. The number of benzene rings is 2. The van der Waals surface area contributed by atoms with Crippen LogP contribution in [-0.2, 0) is 28.5 Å². The molecule has 0 unspecified atom stereocenters. The quantitative estimate of drug-likeness (QED) is 0.302. The normalized spacial score (nSPS) is 13.3. The molecule has 2 amide bonds. The first kappa shape index (κ1) is 29.1. The SMILES string of the molecule is COCCOCCNC(=O)[C@H](CCC(=O)OC(C)(C)C)NC(=O)OCC1c2ccccc2-c2ccccc21. The highest BCUT2D eigenvalue weighted by molar-refractivity contribution is 5.86. The van der Waals surface area contributed by atoms with Crippen molar-refractivity contribution in [1.82, 2.24) is 10.6 Å². The summed E-state index contributed by atoms with van der Waals surface area (Å²) in [5, 5.41) is 5.36. The maximum absolute atomic E-state index is 12.8. The molecule has 0 bridgehead atoms. The summed E-state index contributed by atoms with van der Waals surface area (Å²) in [5.74, 6) is -0.989. The van der Waals surface area contributed by atoms with Gasteiger partial charge in [-0.15, -0.1) is 0 Å². The van der Waals surface area contributed by atoms with Gasteiger partial charge in [-0.1, -0.05) is 48.5 Å². The first-order valence-corrected chi connectivity index (χ1v) is 12.9. The molecule has 0 aromatic heterocycles. The summed E-state index contributed by atoms with van der Waals surface area (Å²) < 4.78 is 21.2. The zero-order chi connectivity index (χ0) is 27.5. The van der Waals surface area contributed by atoms with Crippen molar-refractivity contribution in [3.63, 3.8) is 0 Å². The van der Waals surface area contributed by atoms with Crippen molar-refractivity contribution in [3.05, 3.63) is 59.7 Å². The van der Waals surface area contributed by atoms with Gasteiger partial charge in [-0.3, -0.25) is 9.59 Å². The third kappa shape index (κ3) is 8.56. The van der Waals surface area contributed by atoms with Gasteiger partial charge >= 0.3 is 12.1 Å². The smallest absolute Gasteiger partial charge is 0.407 e. The molecule has 0 spiro atoms. The third-order valence-electron chi connectivity index (χ3n) is 5.99. The van der Waals surface area contributed by atoms with Crippen molar-refractivity contribution in [2.24, 2.45) is 0 Å². The number of hydrogen-bond acceptors (Lipinski definition) is 7. The lowest BCUT2D eigenvalue weighted by molar-refractivity contribution is -0.155. The highest BCUT2D eigenvalue weighted by Gasteiger charge is 2.30. The number of hydrogen-bond donors (Lipinski definition) is 2. The van der Waals surface area contributed by atoms with E-state index in [-0.39, 0.29) is 31.9 Å². The predicted molar refractivity (Wildman–Crippen MR) is 143 cm³/mol. The molecule has 2 aromatic rings. The van der Waals surface area contributed by atoms with Crippen molar-refractivity contribution in [2.75, 3.05) is 40.1 Å². The van der Waals surface area contributed by atoms with E-state index >= 15 is 0 Å². The minimum atomic E-state index is -0.975. The van der Waals surface area contributed by atoms with Crippen LogP contribution < -0.4 is 10.6 Å². The summed E-state index contributed by atoms with van der Waals surface area (Å²) in [4.78, 5) is 37.9. The number of ether oxygens (including phenoxy) is 4. The van der Waals surface area contributed by atoms with E-state index in [9.17, 15) is 14.4 Å². The maximum atomic E-state index is 12.8. The van der Waals surface area contributed by atoms with Crippen molar-refractivity contribution >= 4 is 18.0 Å². The van der Waals surface area contributed by atoms with Gasteiger partial charge in [-0.25, -0.2) is 4.79 Å². The predicted octanol–water partition coefficient (Wildman–Crippen LogP) is 3.79. The molecule has 1 aliphatic carbocycles. The Balaban J connectivity index is 1.59. The molecule has 1 aliphatic rings. The van der Waals surface area contributed by atoms with Crippen molar-refractivity contribution in [2.45, 2.75) is 51.2 Å². The number of esters is 1. The van der Waals surface area contributed by atoms with Gasteiger partial charge in [0, 0.05) is 26.0 Å². The zero-order valence-corrected chi connectivity index (χ0v) is 22.6. The molecule has 1 atom stereocenters. The van der Waals surface area contributed by atoms with E-state index in [1.54, 1.807) is 27.9 Å². The molecule has 0 heterocycles. The first-order chi connectivity index (χ1) is 18.2. The molecule has 0 saturated heterocycles. The summed E-state index contributed by atoms with van der Waals surface area (Å²) in [6, 6.07) is 15.1. The van der Waals surface area contributed by atoms with Crippen LogP contribution in [-0.4, -0.2) is 69.7 Å². The Morgan fingerprint density at radius 2 is 1.55 bits per heavy atom. The standard InChI is InChI=1S/C29H38N2O7/c1-29(2,3)38-26(32)14-13-25(27(33)30-15-16-36-18-17-35-4)31-28(34)37-19-24-22-11-7-5-9-20(22)21-10-6-8-12-23(21)24/h5-12,24-25H,13-19H2,1-4H3,(H,30,33)(H,31,34)/t25-/m0/s1. The molecule has 9 nitrogen and oxygen atoms in total. The van der Waals surface area contributed by atoms with Crippen LogP contribution in [0.2, 0.25) is 0 Å².